The Hall–Kier alpha value is -1.86. The minimum atomic E-state index is -0.793. The molecule has 2 amide bonds. The number of rotatable bonds is 10. The maximum atomic E-state index is 12.8. The smallest absolute Gasteiger partial charge is 0.257 e. The van der Waals surface area contributed by atoms with Crippen LogP contribution in [-0.4, -0.2) is 49.4 Å². The van der Waals surface area contributed by atoms with Crippen LogP contribution >= 0.6 is 11.6 Å². The van der Waals surface area contributed by atoms with Gasteiger partial charge in [-0.1, -0.05) is 11.6 Å². The Morgan fingerprint density at radius 2 is 1.86 bits per heavy atom. The second-order valence-electron chi connectivity index (χ2n) is 7.53. The molecule has 2 saturated carbocycles. The highest BCUT2D eigenvalue weighted by atomic mass is 35.5. The summed E-state index contributed by atoms with van der Waals surface area (Å²) >= 11 is 5.80. The average Bonchev–Trinajstić information content (AvgIpc) is 2.61. The Bertz CT molecular complexity index is 675. The summed E-state index contributed by atoms with van der Waals surface area (Å²) in [6, 6.07) is 6.80. The summed E-state index contributed by atoms with van der Waals surface area (Å²) in [5.74, 6) is 0.178. The summed E-state index contributed by atoms with van der Waals surface area (Å²) in [7, 11) is 0. The highest BCUT2D eigenvalue weighted by Crippen LogP contribution is 2.34. The molecule has 2 fully saturated rings. The number of ether oxygens (including phenoxy) is 2. The molecular weight excluding hydrogens is 387 g/mol. The van der Waals surface area contributed by atoms with E-state index in [0.29, 0.717) is 36.6 Å². The zero-order valence-electron chi connectivity index (χ0n) is 15.7. The van der Waals surface area contributed by atoms with Crippen molar-refractivity contribution in [2.24, 2.45) is 0 Å². The molecule has 0 bridgehead atoms. The number of amides is 2. The van der Waals surface area contributed by atoms with E-state index >= 15 is 0 Å². The van der Waals surface area contributed by atoms with Crippen LogP contribution in [0.2, 0.25) is 5.02 Å². The van der Waals surface area contributed by atoms with Crippen LogP contribution in [-0.2, 0) is 14.3 Å². The SMILES string of the molecule is O=C(COc1ccc(Cl)cc1)NCCC1(NC(=O)COC2CC(F)C2)CCC1. The number of halogens is 2. The molecule has 8 heteroatoms. The quantitative estimate of drug-likeness (QED) is 0.619. The van der Waals surface area contributed by atoms with E-state index in [4.69, 9.17) is 21.1 Å². The van der Waals surface area contributed by atoms with Gasteiger partial charge in [-0.25, -0.2) is 4.39 Å². The van der Waals surface area contributed by atoms with E-state index in [1.807, 2.05) is 0 Å². The van der Waals surface area contributed by atoms with Gasteiger partial charge in [0.25, 0.3) is 5.91 Å². The molecule has 0 atom stereocenters. The molecule has 2 N–H and O–H groups in total. The summed E-state index contributed by atoms with van der Waals surface area (Å²) in [5.41, 5.74) is -0.285. The predicted octanol–water partition coefficient (Wildman–Crippen LogP) is 2.78. The van der Waals surface area contributed by atoms with Crippen molar-refractivity contribution in [1.29, 1.82) is 0 Å². The van der Waals surface area contributed by atoms with Crippen LogP contribution in [0, 0.1) is 0 Å². The molecule has 1 aromatic carbocycles. The van der Waals surface area contributed by atoms with Crippen LogP contribution in [0.5, 0.6) is 5.75 Å². The Balaban J connectivity index is 1.32. The fourth-order valence-corrected chi connectivity index (χ4v) is 3.50. The van der Waals surface area contributed by atoms with E-state index in [1.165, 1.54) is 0 Å². The van der Waals surface area contributed by atoms with E-state index in [1.54, 1.807) is 24.3 Å². The number of nitrogens with one attached hydrogen (secondary N) is 2. The minimum Gasteiger partial charge on any atom is -0.484 e. The normalized spacial score (nSPS) is 22.5. The van der Waals surface area contributed by atoms with Gasteiger partial charge < -0.3 is 20.1 Å². The summed E-state index contributed by atoms with van der Waals surface area (Å²) in [4.78, 5) is 24.1. The van der Waals surface area contributed by atoms with Gasteiger partial charge in [0.1, 0.15) is 18.5 Å². The van der Waals surface area contributed by atoms with E-state index in [-0.39, 0.29) is 36.7 Å². The molecule has 6 nitrogen and oxygen atoms in total. The van der Waals surface area contributed by atoms with Crippen LogP contribution < -0.4 is 15.4 Å². The average molecular weight is 413 g/mol. The van der Waals surface area contributed by atoms with Crippen LogP contribution in [0.1, 0.15) is 38.5 Å². The number of alkyl halides is 1. The molecule has 1 aromatic rings. The standard InChI is InChI=1S/C20H26ClFN2O4/c21-14-2-4-16(5-3-14)27-12-18(25)23-9-8-20(6-1-7-20)24-19(26)13-28-17-10-15(22)11-17/h2-5,15,17H,1,6-13H2,(H,23,25)(H,24,26). The maximum absolute atomic E-state index is 12.8. The van der Waals surface area contributed by atoms with Crippen molar-refractivity contribution in [3.63, 3.8) is 0 Å². The third kappa shape index (κ3) is 6.07. The highest BCUT2D eigenvalue weighted by Gasteiger charge is 2.38. The number of benzene rings is 1. The molecule has 2 aliphatic rings. The summed E-state index contributed by atoms with van der Waals surface area (Å²) in [5, 5.41) is 6.46. The Morgan fingerprint density at radius 3 is 2.46 bits per heavy atom. The van der Waals surface area contributed by atoms with Crippen molar-refractivity contribution in [2.45, 2.75) is 56.3 Å². The molecule has 3 rings (SSSR count). The van der Waals surface area contributed by atoms with E-state index in [9.17, 15) is 14.0 Å². The zero-order chi connectivity index (χ0) is 20.0. The lowest BCUT2D eigenvalue weighted by Gasteiger charge is -2.43. The van der Waals surface area contributed by atoms with Gasteiger partial charge in [-0.15, -0.1) is 0 Å². The molecule has 0 saturated heterocycles. The molecule has 0 heterocycles. The second kappa shape index (κ2) is 9.56. The number of carbonyl (C=O) groups excluding carboxylic acids is 2. The summed E-state index contributed by atoms with van der Waals surface area (Å²) < 4.78 is 23.6. The first kappa shape index (κ1) is 20.9. The van der Waals surface area contributed by atoms with Crippen LogP contribution in [0.25, 0.3) is 0 Å². The zero-order valence-corrected chi connectivity index (χ0v) is 16.5. The molecule has 0 spiro atoms. The topological polar surface area (TPSA) is 76.7 Å². The van der Waals surface area contributed by atoms with Gasteiger partial charge in [-0.2, -0.15) is 0 Å². The Kier molecular flexibility index (Phi) is 7.13. The van der Waals surface area contributed by atoms with Gasteiger partial charge in [-0.3, -0.25) is 9.59 Å². The van der Waals surface area contributed by atoms with Crippen LogP contribution in [0.4, 0.5) is 4.39 Å². The predicted molar refractivity (Wildman–Crippen MR) is 103 cm³/mol. The van der Waals surface area contributed by atoms with Crippen molar-refractivity contribution in [2.75, 3.05) is 19.8 Å². The minimum absolute atomic E-state index is 0.0412. The van der Waals surface area contributed by atoms with Crippen LogP contribution in [0.3, 0.4) is 0 Å². The van der Waals surface area contributed by atoms with Gasteiger partial charge in [0, 0.05) is 29.9 Å². The largest absolute Gasteiger partial charge is 0.484 e. The lowest BCUT2D eigenvalue weighted by atomic mass is 9.74. The summed E-state index contributed by atoms with van der Waals surface area (Å²) in [6.45, 7) is 0.336. The first-order valence-electron chi connectivity index (χ1n) is 9.66. The van der Waals surface area contributed by atoms with Gasteiger partial charge in [0.2, 0.25) is 5.91 Å². The first-order chi connectivity index (χ1) is 13.4. The van der Waals surface area contributed by atoms with Crippen molar-refractivity contribution in [1.82, 2.24) is 10.6 Å². The molecule has 0 aliphatic heterocycles. The lowest BCUT2D eigenvalue weighted by Crippen LogP contribution is -2.56. The van der Waals surface area contributed by atoms with Crippen molar-refractivity contribution < 1.29 is 23.5 Å². The fraction of sp³-hybridized carbons (Fsp3) is 0.600. The van der Waals surface area contributed by atoms with Crippen molar-refractivity contribution in [3.8, 4) is 5.75 Å². The maximum Gasteiger partial charge on any atom is 0.257 e. The highest BCUT2D eigenvalue weighted by molar-refractivity contribution is 6.30. The van der Waals surface area contributed by atoms with E-state index in [2.05, 4.69) is 10.6 Å². The third-order valence-electron chi connectivity index (χ3n) is 5.31. The molecular formula is C20H26ClFN2O4. The lowest BCUT2D eigenvalue weighted by molar-refractivity contribution is -0.134. The van der Waals surface area contributed by atoms with Crippen molar-refractivity contribution >= 4 is 23.4 Å². The molecule has 0 unspecified atom stereocenters. The first-order valence-corrected chi connectivity index (χ1v) is 10.0. The third-order valence-corrected chi connectivity index (χ3v) is 5.56. The van der Waals surface area contributed by atoms with E-state index in [0.717, 1.165) is 19.3 Å². The molecule has 154 valence electrons. The van der Waals surface area contributed by atoms with Gasteiger partial charge >= 0.3 is 0 Å². The van der Waals surface area contributed by atoms with Crippen molar-refractivity contribution in [3.05, 3.63) is 29.3 Å². The van der Waals surface area contributed by atoms with Gasteiger partial charge in [0.05, 0.1) is 6.10 Å². The monoisotopic (exact) mass is 412 g/mol. The molecule has 0 radical (unpaired) electrons. The summed E-state index contributed by atoms with van der Waals surface area (Å²) in [6.07, 6.45) is 3.28. The van der Waals surface area contributed by atoms with E-state index < -0.39 is 6.17 Å². The number of carbonyl (C=O) groups is 2. The number of hydrogen-bond donors (Lipinski definition) is 2. The Labute approximate surface area is 169 Å². The fourth-order valence-electron chi connectivity index (χ4n) is 3.38. The molecule has 28 heavy (non-hydrogen) atoms. The van der Waals surface area contributed by atoms with Gasteiger partial charge in [0.15, 0.2) is 6.61 Å². The van der Waals surface area contributed by atoms with Crippen LogP contribution in [0.15, 0.2) is 24.3 Å². The molecule has 2 aliphatic carbocycles. The number of hydrogen-bond acceptors (Lipinski definition) is 4. The van der Waals surface area contributed by atoms with Gasteiger partial charge in [-0.05, 0) is 49.9 Å². The Morgan fingerprint density at radius 1 is 1.14 bits per heavy atom. The second-order valence-corrected chi connectivity index (χ2v) is 7.96. The molecule has 0 aromatic heterocycles.